The van der Waals surface area contributed by atoms with Gasteiger partial charge in [-0.25, -0.2) is 9.97 Å². The molecule has 11 nitrogen and oxygen atoms in total. The maximum atomic E-state index is 12.1. The van der Waals surface area contributed by atoms with Gasteiger partial charge in [0, 0.05) is 37.9 Å². The molecule has 0 bridgehead atoms. The third kappa shape index (κ3) is 4.72. The number of aromatic nitrogens is 2. The topological polar surface area (TPSA) is 115 Å². The minimum absolute atomic E-state index is 0.0825. The molecule has 34 heavy (non-hydrogen) atoms. The Bertz CT molecular complexity index is 1150. The van der Waals surface area contributed by atoms with Gasteiger partial charge in [-0.3, -0.25) is 10.1 Å². The van der Waals surface area contributed by atoms with Gasteiger partial charge in [-0.1, -0.05) is 0 Å². The van der Waals surface area contributed by atoms with Crippen LogP contribution < -0.4 is 29.3 Å². The van der Waals surface area contributed by atoms with Crippen LogP contribution in [-0.4, -0.2) is 62.4 Å². The van der Waals surface area contributed by atoms with Crippen molar-refractivity contribution in [2.45, 2.75) is 0 Å². The molecule has 1 aromatic heterocycles. The summed E-state index contributed by atoms with van der Waals surface area (Å²) in [5, 5.41) is 15.1. The van der Waals surface area contributed by atoms with E-state index in [1.807, 2.05) is 29.2 Å². The normalized spacial score (nSPS) is 13.4. The zero-order valence-electron chi connectivity index (χ0n) is 19.2. The minimum atomic E-state index is -0.458. The number of nitro groups is 1. The van der Waals surface area contributed by atoms with Gasteiger partial charge in [0.25, 0.3) is 0 Å². The molecule has 0 spiro atoms. The van der Waals surface area contributed by atoms with E-state index in [4.69, 9.17) is 14.2 Å². The zero-order chi connectivity index (χ0) is 24.1. The van der Waals surface area contributed by atoms with Gasteiger partial charge in [0.05, 0.1) is 31.9 Å². The Morgan fingerprint density at radius 2 is 1.53 bits per heavy atom. The molecule has 1 saturated heterocycles. The fourth-order valence-corrected chi connectivity index (χ4v) is 3.87. The number of hydrogen-bond acceptors (Lipinski definition) is 10. The lowest BCUT2D eigenvalue weighted by molar-refractivity contribution is -0.383. The predicted molar refractivity (Wildman–Crippen MR) is 129 cm³/mol. The molecule has 178 valence electrons. The molecule has 0 radical (unpaired) electrons. The van der Waals surface area contributed by atoms with Crippen molar-refractivity contribution in [2.75, 3.05) is 62.6 Å². The molecule has 0 aliphatic carbocycles. The molecule has 1 aliphatic rings. The summed E-state index contributed by atoms with van der Waals surface area (Å²) >= 11 is 0. The summed E-state index contributed by atoms with van der Waals surface area (Å²) in [5.41, 5.74) is 1.38. The van der Waals surface area contributed by atoms with Crippen LogP contribution >= 0.6 is 0 Å². The van der Waals surface area contributed by atoms with Crippen molar-refractivity contribution in [1.82, 2.24) is 9.97 Å². The van der Waals surface area contributed by atoms with Crippen molar-refractivity contribution >= 4 is 28.7 Å². The van der Waals surface area contributed by atoms with Crippen molar-refractivity contribution in [3.63, 3.8) is 0 Å². The molecule has 0 unspecified atom stereocenters. The molecule has 3 aromatic rings. The number of anilines is 4. The number of benzene rings is 2. The van der Waals surface area contributed by atoms with Gasteiger partial charge in [0.1, 0.15) is 23.6 Å². The van der Waals surface area contributed by atoms with Gasteiger partial charge in [-0.2, -0.15) is 0 Å². The summed E-state index contributed by atoms with van der Waals surface area (Å²) in [4.78, 5) is 24.2. The van der Waals surface area contributed by atoms with Crippen LogP contribution in [0.15, 0.2) is 48.8 Å². The van der Waals surface area contributed by atoms with Crippen LogP contribution in [-0.2, 0) is 0 Å². The average molecular weight is 466 g/mol. The predicted octanol–water partition coefficient (Wildman–Crippen LogP) is 3.48. The molecular formula is C23H26N6O5. The summed E-state index contributed by atoms with van der Waals surface area (Å²) < 4.78 is 15.9. The van der Waals surface area contributed by atoms with Crippen molar-refractivity contribution in [1.29, 1.82) is 0 Å². The number of methoxy groups -OCH3 is 3. The summed E-state index contributed by atoms with van der Waals surface area (Å²) in [7, 11) is 4.70. The smallest absolute Gasteiger partial charge is 0.353 e. The van der Waals surface area contributed by atoms with E-state index in [2.05, 4.69) is 20.2 Å². The Morgan fingerprint density at radius 3 is 2.15 bits per heavy atom. The number of rotatable bonds is 8. The summed E-state index contributed by atoms with van der Waals surface area (Å²) in [6, 6.07) is 13.0. The van der Waals surface area contributed by atoms with E-state index in [-0.39, 0.29) is 17.3 Å². The first kappa shape index (κ1) is 22.9. The highest BCUT2D eigenvalue weighted by Crippen LogP contribution is 2.37. The van der Waals surface area contributed by atoms with Crippen LogP contribution in [0, 0.1) is 10.1 Å². The van der Waals surface area contributed by atoms with Crippen LogP contribution in [0.5, 0.6) is 17.2 Å². The maximum absolute atomic E-state index is 12.1. The van der Waals surface area contributed by atoms with E-state index >= 15 is 0 Å². The second kappa shape index (κ2) is 10.1. The largest absolute Gasteiger partial charge is 0.497 e. The summed E-state index contributed by atoms with van der Waals surface area (Å²) in [5.74, 6) is 2.24. The van der Waals surface area contributed by atoms with Crippen LogP contribution in [0.3, 0.4) is 0 Å². The maximum Gasteiger partial charge on any atom is 0.353 e. The Labute approximate surface area is 197 Å². The van der Waals surface area contributed by atoms with Crippen LogP contribution in [0.25, 0.3) is 0 Å². The molecule has 1 aliphatic heterocycles. The number of piperazine rings is 1. The Hall–Kier alpha value is -4.28. The molecule has 0 atom stereocenters. The minimum Gasteiger partial charge on any atom is -0.497 e. The standard InChI is InChI=1S/C23H26N6O5/c1-32-17-6-4-16(5-7-17)27-10-12-28(13-11-27)23-21(29(30)31)22(24-15-25-23)26-19-14-18(33-2)8-9-20(19)34-3/h4-9,14-15H,10-13H2,1-3H3,(H,24,25,26). The molecular weight excluding hydrogens is 440 g/mol. The quantitative estimate of drug-likeness (QED) is 0.391. The van der Waals surface area contributed by atoms with Crippen molar-refractivity contribution in [3.8, 4) is 17.2 Å². The van der Waals surface area contributed by atoms with Gasteiger partial charge < -0.3 is 29.3 Å². The van der Waals surface area contributed by atoms with E-state index in [1.165, 1.54) is 13.4 Å². The SMILES string of the molecule is COc1ccc(N2CCN(c3ncnc(Nc4cc(OC)ccc4OC)c3[N+](=O)[O-])CC2)cc1. The number of nitrogens with zero attached hydrogens (tertiary/aromatic N) is 5. The summed E-state index contributed by atoms with van der Waals surface area (Å²) in [6.45, 7) is 2.54. The van der Waals surface area contributed by atoms with Gasteiger partial charge in [-0.15, -0.1) is 0 Å². The lowest BCUT2D eigenvalue weighted by Gasteiger charge is -2.36. The van der Waals surface area contributed by atoms with Crippen molar-refractivity contribution in [2.24, 2.45) is 0 Å². The number of nitrogens with one attached hydrogen (secondary N) is 1. The average Bonchev–Trinajstić information content (AvgIpc) is 2.88. The fraction of sp³-hybridized carbons (Fsp3) is 0.304. The Morgan fingerprint density at radius 1 is 0.882 bits per heavy atom. The van der Waals surface area contributed by atoms with E-state index in [0.717, 1.165) is 11.4 Å². The molecule has 1 N–H and O–H groups in total. The molecule has 2 aromatic carbocycles. The summed E-state index contributed by atoms with van der Waals surface area (Å²) in [6.07, 6.45) is 1.33. The van der Waals surface area contributed by atoms with Crippen molar-refractivity contribution < 1.29 is 19.1 Å². The zero-order valence-corrected chi connectivity index (χ0v) is 19.2. The second-order valence-electron chi connectivity index (χ2n) is 7.51. The number of hydrogen-bond donors (Lipinski definition) is 1. The first-order valence-corrected chi connectivity index (χ1v) is 10.7. The van der Waals surface area contributed by atoms with Gasteiger partial charge in [0.15, 0.2) is 0 Å². The molecule has 0 amide bonds. The van der Waals surface area contributed by atoms with Crippen LogP contribution in [0.4, 0.5) is 28.7 Å². The molecule has 4 rings (SSSR count). The highest BCUT2D eigenvalue weighted by atomic mass is 16.6. The Balaban J connectivity index is 1.57. The number of ether oxygens (including phenoxy) is 3. The van der Waals surface area contributed by atoms with Gasteiger partial charge in [-0.05, 0) is 36.4 Å². The molecule has 0 saturated carbocycles. The van der Waals surface area contributed by atoms with Gasteiger partial charge in [0.2, 0.25) is 11.6 Å². The van der Waals surface area contributed by atoms with E-state index in [0.29, 0.717) is 43.4 Å². The lowest BCUT2D eigenvalue weighted by atomic mass is 10.2. The van der Waals surface area contributed by atoms with E-state index < -0.39 is 4.92 Å². The molecule has 2 heterocycles. The molecule has 1 fully saturated rings. The first-order valence-electron chi connectivity index (χ1n) is 10.7. The monoisotopic (exact) mass is 466 g/mol. The highest BCUT2D eigenvalue weighted by Gasteiger charge is 2.30. The fourth-order valence-electron chi connectivity index (χ4n) is 3.87. The van der Waals surface area contributed by atoms with Gasteiger partial charge >= 0.3 is 5.69 Å². The van der Waals surface area contributed by atoms with Crippen molar-refractivity contribution in [3.05, 3.63) is 58.9 Å². The van der Waals surface area contributed by atoms with E-state index in [9.17, 15) is 10.1 Å². The van der Waals surface area contributed by atoms with Crippen LogP contribution in [0.2, 0.25) is 0 Å². The third-order valence-corrected chi connectivity index (χ3v) is 5.66. The van der Waals surface area contributed by atoms with E-state index in [1.54, 1.807) is 32.4 Å². The highest BCUT2D eigenvalue weighted by molar-refractivity contribution is 5.77. The second-order valence-corrected chi connectivity index (χ2v) is 7.51. The third-order valence-electron chi connectivity index (χ3n) is 5.66. The lowest BCUT2D eigenvalue weighted by Crippen LogP contribution is -2.47. The molecule has 11 heteroatoms. The Kier molecular flexibility index (Phi) is 6.81. The van der Waals surface area contributed by atoms with Crippen LogP contribution in [0.1, 0.15) is 0 Å². The first-order chi connectivity index (χ1) is 16.5.